The molecule has 0 amide bonds. The highest BCUT2D eigenvalue weighted by Crippen LogP contribution is 2.49. The number of phosphoric ester groups is 1. The molecule has 0 N–H and O–H groups in total. The fraction of sp³-hybridized carbons (Fsp3) is 0.500. The van der Waals surface area contributed by atoms with Crippen LogP contribution in [-0.4, -0.2) is 19.8 Å². The van der Waals surface area contributed by atoms with Crippen LogP contribution >= 0.6 is 7.82 Å². The fourth-order valence-corrected chi connectivity index (χ4v) is 1.46. The lowest BCUT2D eigenvalue weighted by Gasteiger charge is -2.14. The molecule has 0 unspecified atom stereocenters. The lowest BCUT2D eigenvalue weighted by Crippen LogP contribution is -2.01. The van der Waals surface area contributed by atoms with Gasteiger partial charge in [0.25, 0.3) is 0 Å². The summed E-state index contributed by atoms with van der Waals surface area (Å²) in [4.78, 5) is 4.51. The average Bonchev–Trinajstić information content (AvgIpc) is 2.21. The van der Waals surface area contributed by atoms with Crippen molar-refractivity contribution < 1.29 is 23.2 Å². The molecule has 0 atom stereocenters. The Hall–Kier alpha value is -0.450. The zero-order valence-electron chi connectivity index (χ0n) is 8.18. The summed E-state index contributed by atoms with van der Waals surface area (Å²) >= 11 is 0. The zero-order valence-corrected chi connectivity index (χ0v) is 9.07. The molecule has 0 rings (SSSR count). The largest absolute Gasteiger partial charge is 0.502 e. The van der Waals surface area contributed by atoms with E-state index in [9.17, 15) is 4.57 Å². The van der Waals surface area contributed by atoms with Gasteiger partial charge in [-0.3, -0.25) is 9.05 Å². The van der Waals surface area contributed by atoms with Crippen LogP contribution in [0.5, 0.6) is 0 Å². The first kappa shape index (κ1) is 13.5. The van der Waals surface area contributed by atoms with Crippen LogP contribution in [0.1, 0.15) is 6.92 Å². The van der Waals surface area contributed by atoms with Gasteiger partial charge in [0.05, 0.1) is 19.8 Å². The van der Waals surface area contributed by atoms with Gasteiger partial charge in [-0.25, -0.2) is 9.45 Å². The van der Waals surface area contributed by atoms with Gasteiger partial charge in [-0.2, -0.15) is 0 Å². The molecule has 82 valence electrons. The second-order valence-electron chi connectivity index (χ2n) is 2.10. The predicted molar refractivity (Wildman–Crippen MR) is 52.6 cm³/mol. The molecule has 0 aliphatic carbocycles. The Morgan fingerprint density at radius 2 is 1.71 bits per heavy atom. The second-order valence-corrected chi connectivity index (χ2v) is 3.66. The van der Waals surface area contributed by atoms with Gasteiger partial charge in [0, 0.05) is 0 Å². The Balaban J connectivity index is 4.09. The third kappa shape index (κ3) is 6.07. The molecule has 0 aliphatic heterocycles. The van der Waals surface area contributed by atoms with Crippen molar-refractivity contribution in [2.24, 2.45) is 0 Å². The molecular formula is C8H15O5P. The number of rotatable bonds is 9. The minimum atomic E-state index is -3.63. The predicted octanol–water partition coefficient (Wildman–Crippen LogP) is 2.47. The lowest BCUT2D eigenvalue weighted by atomic mass is 10.7. The summed E-state index contributed by atoms with van der Waals surface area (Å²) in [5.74, 6) is 0. The van der Waals surface area contributed by atoms with Gasteiger partial charge in [0.15, 0.2) is 0 Å². The van der Waals surface area contributed by atoms with Crippen molar-refractivity contribution in [3.05, 3.63) is 25.3 Å². The summed E-state index contributed by atoms with van der Waals surface area (Å²) in [7, 11) is -3.63. The molecule has 0 bridgehead atoms. The van der Waals surface area contributed by atoms with Crippen LogP contribution in [0.25, 0.3) is 0 Å². The van der Waals surface area contributed by atoms with Crippen LogP contribution in [0.3, 0.4) is 0 Å². The van der Waals surface area contributed by atoms with Gasteiger partial charge >= 0.3 is 7.82 Å². The minimum absolute atomic E-state index is 0.0570. The third-order valence-corrected chi connectivity index (χ3v) is 2.18. The number of hydrogen-bond acceptors (Lipinski definition) is 5. The van der Waals surface area contributed by atoms with Crippen molar-refractivity contribution in [2.75, 3.05) is 19.8 Å². The van der Waals surface area contributed by atoms with Crippen molar-refractivity contribution in [3.8, 4) is 0 Å². The molecular weight excluding hydrogens is 207 g/mol. The van der Waals surface area contributed by atoms with Gasteiger partial charge in [-0.15, -0.1) is 17.8 Å². The van der Waals surface area contributed by atoms with Gasteiger partial charge in [0.2, 0.25) is 0 Å². The van der Waals surface area contributed by atoms with Crippen molar-refractivity contribution in [2.45, 2.75) is 6.92 Å². The first-order valence-electron chi connectivity index (χ1n) is 4.10. The normalized spacial score (nSPS) is 11.2. The maximum absolute atomic E-state index is 11.6. The van der Waals surface area contributed by atoms with E-state index in [0.29, 0.717) is 0 Å². The third-order valence-electron chi connectivity index (χ3n) is 0.963. The Bertz CT molecular complexity index is 200. The van der Waals surface area contributed by atoms with Gasteiger partial charge in [0.1, 0.15) is 0 Å². The monoisotopic (exact) mass is 222 g/mol. The van der Waals surface area contributed by atoms with E-state index in [1.54, 1.807) is 6.92 Å². The summed E-state index contributed by atoms with van der Waals surface area (Å²) < 4.78 is 25.7. The van der Waals surface area contributed by atoms with E-state index < -0.39 is 7.82 Å². The van der Waals surface area contributed by atoms with Crippen LogP contribution in [0.4, 0.5) is 0 Å². The summed E-state index contributed by atoms with van der Waals surface area (Å²) in [5, 5.41) is 0. The molecule has 0 aromatic heterocycles. The van der Waals surface area contributed by atoms with Crippen molar-refractivity contribution in [1.29, 1.82) is 0 Å². The molecule has 0 fully saturated rings. The van der Waals surface area contributed by atoms with E-state index in [-0.39, 0.29) is 19.8 Å². The number of phosphoric acid groups is 1. The van der Waals surface area contributed by atoms with Crippen LogP contribution in [0, 0.1) is 0 Å². The first-order valence-corrected chi connectivity index (χ1v) is 5.56. The average molecular weight is 222 g/mol. The van der Waals surface area contributed by atoms with Crippen LogP contribution in [0.2, 0.25) is 0 Å². The summed E-state index contributed by atoms with van der Waals surface area (Å²) in [6, 6.07) is 0. The quantitative estimate of drug-likeness (QED) is 0.259. The van der Waals surface area contributed by atoms with E-state index in [0.717, 1.165) is 0 Å². The molecule has 0 aromatic rings. The Labute approximate surface area is 83.8 Å². The van der Waals surface area contributed by atoms with E-state index in [1.807, 2.05) is 0 Å². The van der Waals surface area contributed by atoms with E-state index >= 15 is 0 Å². The molecule has 0 aromatic carbocycles. The molecule has 0 heterocycles. The molecule has 5 nitrogen and oxygen atoms in total. The second kappa shape index (κ2) is 7.91. The molecule has 0 saturated heterocycles. The van der Waals surface area contributed by atoms with E-state index in [4.69, 9.17) is 9.05 Å². The molecule has 0 saturated carbocycles. The highest BCUT2D eigenvalue weighted by Gasteiger charge is 2.27. The molecule has 14 heavy (non-hydrogen) atoms. The smallest absolute Gasteiger partial charge is 0.281 e. The lowest BCUT2D eigenvalue weighted by molar-refractivity contribution is -0.221. The van der Waals surface area contributed by atoms with E-state index in [2.05, 4.69) is 22.7 Å². The SMILES string of the molecule is C=CCOP(=O)(OCC=C)OOCC. The molecule has 0 radical (unpaired) electrons. The van der Waals surface area contributed by atoms with Crippen molar-refractivity contribution in [3.63, 3.8) is 0 Å². The number of hydrogen-bond donors (Lipinski definition) is 0. The molecule has 0 aliphatic rings. The molecule has 6 heteroatoms. The Morgan fingerprint density at radius 1 is 1.21 bits per heavy atom. The van der Waals surface area contributed by atoms with Gasteiger partial charge in [-0.05, 0) is 6.92 Å². The first-order chi connectivity index (χ1) is 6.68. The Morgan fingerprint density at radius 3 is 2.07 bits per heavy atom. The van der Waals surface area contributed by atoms with E-state index in [1.165, 1.54) is 12.2 Å². The van der Waals surface area contributed by atoms with Crippen LogP contribution < -0.4 is 0 Å². The topological polar surface area (TPSA) is 54.0 Å². The minimum Gasteiger partial charge on any atom is -0.281 e. The standard InChI is InChI=1S/C8H15O5P/c1-4-7-11-14(9,12-8-5-2)13-10-6-3/h4-5H,1-2,6-8H2,3H3. The molecule has 0 spiro atoms. The fourth-order valence-electron chi connectivity index (χ4n) is 0.486. The summed E-state index contributed by atoms with van der Waals surface area (Å²) in [6.45, 7) is 8.86. The zero-order chi connectivity index (χ0) is 10.9. The van der Waals surface area contributed by atoms with Crippen molar-refractivity contribution >= 4 is 7.82 Å². The Kier molecular flexibility index (Phi) is 7.65. The van der Waals surface area contributed by atoms with Crippen LogP contribution in [0.15, 0.2) is 25.3 Å². The summed E-state index contributed by atoms with van der Waals surface area (Å²) in [6.07, 6.45) is 2.86. The summed E-state index contributed by atoms with van der Waals surface area (Å²) in [5.41, 5.74) is 0. The highest BCUT2D eigenvalue weighted by molar-refractivity contribution is 7.48. The van der Waals surface area contributed by atoms with Gasteiger partial charge in [-0.1, -0.05) is 12.2 Å². The maximum atomic E-state index is 11.6. The van der Waals surface area contributed by atoms with Gasteiger partial charge < -0.3 is 0 Å². The van der Waals surface area contributed by atoms with Crippen molar-refractivity contribution in [1.82, 2.24) is 0 Å². The van der Waals surface area contributed by atoms with Crippen LogP contribution in [-0.2, 0) is 23.2 Å². The maximum Gasteiger partial charge on any atom is 0.502 e. The highest BCUT2D eigenvalue weighted by atomic mass is 31.2.